The quantitative estimate of drug-likeness (QED) is 0.873. The molecule has 1 amide bonds. The fourth-order valence-electron chi connectivity index (χ4n) is 2.36. The Morgan fingerprint density at radius 2 is 1.61 bits per heavy atom. The van der Waals surface area contributed by atoms with E-state index in [0.717, 1.165) is 22.6 Å². The second-order valence-corrected chi connectivity index (χ2v) is 5.45. The van der Waals surface area contributed by atoms with Crippen LogP contribution >= 0.6 is 0 Å². The van der Waals surface area contributed by atoms with Crippen LogP contribution in [0.15, 0.2) is 42.5 Å². The number of anilines is 1. The molecule has 4 heteroatoms. The molecule has 0 bridgehead atoms. The normalized spacial score (nSPS) is 11.7. The number of hydrogen-bond acceptors (Lipinski definition) is 3. The maximum atomic E-state index is 12.5. The van der Waals surface area contributed by atoms with E-state index in [-0.39, 0.29) is 5.91 Å². The van der Waals surface area contributed by atoms with Crippen LogP contribution in [0.2, 0.25) is 0 Å². The molecule has 0 spiro atoms. The van der Waals surface area contributed by atoms with Gasteiger partial charge in [-0.1, -0.05) is 25.1 Å². The van der Waals surface area contributed by atoms with Crippen molar-refractivity contribution in [2.45, 2.75) is 33.3 Å². The van der Waals surface area contributed by atoms with Crippen molar-refractivity contribution in [1.82, 2.24) is 0 Å². The molecule has 0 aliphatic carbocycles. The number of carbonyl (C=O) groups is 1. The lowest BCUT2D eigenvalue weighted by molar-refractivity contribution is -0.122. The topological polar surface area (TPSA) is 47.6 Å². The van der Waals surface area contributed by atoms with Gasteiger partial charge in [0.05, 0.1) is 7.11 Å². The summed E-state index contributed by atoms with van der Waals surface area (Å²) in [6, 6.07) is 13.2. The molecule has 0 aliphatic rings. The van der Waals surface area contributed by atoms with Crippen LogP contribution in [0.4, 0.5) is 5.69 Å². The van der Waals surface area contributed by atoms with Crippen LogP contribution in [0.1, 0.15) is 24.5 Å². The second-order valence-electron chi connectivity index (χ2n) is 5.45. The summed E-state index contributed by atoms with van der Waals surface area (Å²) in [5.41, 5.74) is 2.93. The Labute approximate surface area is 137 Å². The molecule has 0 radical (unpaired) electrons. The van der Waals surface area contributed by atoms with Gasteiger partial charge in [0.15, 0.2) is 6.10 Å². The Morgan fingerprint density at radius 1 is 1.04 bits per heavy atom. The van der Waals surface area contributed by atoms with Crippen molar-refractivity contribution in [2.24, 2.45) is 0 Å². The number of benzene rings is 2. The van der Waals surface area contributed by atoms with Crippen molar-refractivity contribution < 1.29 is 14.3 Å². The van der Waals surface area contributed by atoms with Gasteiger partial charge in [0.1, 0.15) is 11.5 Å². The lowest BCUT2D eigenvalue weighted by atomic mass is 10.1. The largest absolute Gasteiger partial charge is 0.497 e. The van der Waals surface area contributed by atoms with Gasteiger partial charge in [-0.2, -0.15) is 0 Å². The second kappa shape index (κ2) is 7.68. The average molecular weight is 313 g/mol. The zero-order valence-electron chi connectivity index (χ0n) is 14.1. The molecular formula is C19H23NO3. The lowest BCUT2D eigenvalue weighted by Gasteiger charge is -2.19. The van der Waals surface area contributed by atoms with Crippen molar-refractivity contribution >= 4 is 11.6 Å². The molecule has 0 saturated heterocycles. The predicted octanol–water partition coefficient (Wildman–Crippen LogP) is 4.11. The molecule has 2 rings (SSSR count). The van der Waals surface area contributed by atoms with E-state index in [1.807, 2.05) is 51.1 Å². The fourth-order valence-corrected chi connectivity index (χ4v) is 2.36. The summed E-state index contributed by atoms with van der Waals surface area (Å²) in [7, 11) is 1.61. The molecule has 1 atom stereocenters. The van der Waals surface area contributed by atoms with Crippen LogP contribution in [-0.4, -0.2) is 19.1 Å². The summed E-state index contributed by atoms with van der Waals surface area (Å²) in [5.74, 6) is 1.26. The zero-order chi connectivity index (χ0) is 16.8. The summed E-state index contributed by atoms with van der Waals surface area (Å²) in [6.45, 7) is 5.89. The van der Waals surface area contributed by atoms with E-state index in [1.54, 1.807) is 19.2 Å². The Hall–Kier alpha value is -2.49. The monoisotopic (exact) mass is 313 g/mol. The summed E-state index contributed by atoms with van der Waals surface area (Å²) >= 11 is 0. The molecule has 0 aliphatic heterocycles. The number of para-hydroxylation sites is 1. The molecule has 1 unspecified atom stereocenters. The smallest absolute Gasteiger partial charge is 0.265 e. The molecule has 1 N–H and O–H groups in total. The number of aryl methyl sites for hydroxylation is 2. The van der Waals surface area contributed by atoms with Crippen molar-refractivity contribution in [3.63, 3.8) is 0 Å². The minimum absolute atomic E-state index is 0.138. The Morgan fingerprint density at radius 3 is 2.13 bits per heavy atom. The first-order valence-electron chi connectivity index (χ1n) is 7.73. The van der Waals surface area contributed by atoms with Crippen molar-refractivity contribution in [3.8, 4) is 11.5 Å². The average Bonchev–Trinajstić information content (AvgIpc) is 2.56. The van der Waals surface area contributed by atoms with Gasteiger partial charge in [0.25, 0.3) is 5.91 Å². The third-order valence-corrected chi connectivity index (χ3v) is 3.73. The van der Waals surface area contributed by atoms with E-state index in [2.05, 4.69) is 5.32 Å². The van der Waals surface area contributed by atoms with Gasteiger partial charge in [-0.25, -0.2) is 0 Å². The number of ether oxygens (including phenoxy) is 2. The van der Waals surface area contributed by atoms with Gasteiger partial charge in [-0.05, 0) is 55.7 Å². The van der Waals surface area contributed by atoms with Crippen molar-refractivity contribution in [1.29, 1.82) is 0 Å². The fraction of sp³-hybridized carbons (Fsp3) is 0.316. The number of methoxy groups -OCH3 is 1. The molecule has 0 fully saturated rings. The molecular weight excluding hydrogens is 290 g/mol. The van der Waals surface area contributed by atoms with E-state index < -0.39 is 6.10 Å². The number of hydrogen-bond donors (Lipinski definition) is 1. The van der Waals surface area contributed by atoms with Crippen LogP contribution in [0.3, 0.4) is 0 Å². The Bertz CT molecular complexity index is 645. The molecule has 4 nitrogen and oxygen atoms in total. The number of nitrogens with one attached hydrogen (secondary N) is 1. The van der Waals surface area contributed by atoms with E-state index in [9.17, 15) is 4.79 Å². The van der Waals surface area contributed by atoms with Crippen LogP contribution in [0, 0.1) is 13.8 Å². The van der Waals surface area contributed by atoms with Gasteiger partial charge in [0.2, 0.25) is 0 Å². The lowest BCUT2D eigenvalue weighted by Crippen LogP contribution is -2.32. The van der Waals surface area contributed by atoms with Crippen LogP contribution in [-0.2, 0) is 4.79 Å². The first kappa shape index (κ1) is 16.9. The van der Waals surface area contributed by atoms with Gasteiger partial charge < -0.3 is 14.8 Å². The SMILES string of the molecule is CCC(Oc1ccc(OC)cc1)C(=O)Nc1c(C)cccc1C. The standard InChI is InChI=1S/C19H23NO3/c1-5-17(23-16-11-9-15(22-4)10-12-16)19(21)20-18-13(2)7-6-8-14(18)3/h6-12,17H,5H2,1-4H3,(H,20,21). The molecule has 122 valence electrons. The predicted molar refractivity (Wildman–Crippen MR) is 92.2 cm³/mol. The third kappa shape index (κ3) is 4.25. The molecule has 2 aromatic carbocycles. The van der Waals surface area contributed by atoms with Gasteiger partial charge >= 0.3 is 0 Å². The zero-order valence-corrected chi connectivity index (χ0v) is 14.1. The highest BCUT2D eigenvalue weighted by atomic mass is 16.5. The van der Waals surface area contributed by atoms with E-state index in [1.165, 1.54) is 0 Å². The first-order valence-corrected chi connectivity index (χ1v) is 7.73. The van der Waals surface area contributed by atoms with E-state index >= 15 is 0 Å². The highest BCUT2D eigenvalue weighted by Gasteiger charge is 2.19. The minimum atomic E-state index is -0.539. The first-order chi connectivity index (χ1) is 11.0. The number of rotatable bonds is 6. The number of carbonyl (C=O) groups excluding carboxylic acids is 1. The maximum absolute atomic E-state index is 12.5. The van der Waals surface area contributed by atoms with Gasteiger partial charge in [-0.3, -0.25) is 4.79 Å². The van der Waals surface area contributed by atoms with Crippen molar-refractivity contribution in [2.75, 3.05) is 12.4 Å². The minimum Gasteiger partial charge on any atom is -0.497 e. The number of amides is 1. The summed E-state index contributed by atoms with van der Waals surface area (Å²) in [6.07, 6.45) is 0.0467. The maximum Gasteiger partial charge on any atom is 0.265 e. The van der Waals surface area contributed by atoms with Gasteiger partial charge in [0, 0.05) is 5.69 Å². The molecule has 23 heavy (non-hydrogen) atoms. The summed E-state index contributed by atoms with van der Waals surface area (Å²) in [5, 5.41) is 2.98. The highest BCUT2D eigenvalue weighted by molar-refractivity contribution is 5.95. The van der Waals surface area contributed by atoms with Gasteiger partial charge in [-0.15, -0.1) is 0 Å². The van der Waals surface area contributed by atoms with Crippen LogP contribution in [0.25, 0.3) is 0 Å². The highest BCUT2D eigenvalue weighted by Crippen LogP contribution is 2.22. The molecule has 0 saturated carbocycles. The molecule has 0 aromatic heterocycles. The molecule has 2 aromatic rings. The Balaban J connectivity index is 2.09. The summed E-state index contributed by atoms with van der Waals surface area (Å²) < 4.78 is 10.9. The summed E-state index contributed by atoms with van der Waals surface area (Å²) in [4.78, 5) is 12.5. The third-order valence-electron chi connectivity index (χ3n) is 3.73. The van der Waals surface area contributed by atoms with E-state index in [4.69, 9.17) is 9.47 Å². The van der Waals surface area contributed by atoms with Crippen molar-refractivity contribution in [3.05, 3.63) is 53.6 Å². The molecule has 0 heterocycles. The van der Waals surface area contributed by atoms with Crippen LogP contribution in [0.5, 0.6) is 11.5 Å². The Kier molecular flexibility index (Phi) is 5.63. The van der Waals surface area contributed by atoms with E-state index in [0.29, 0.717) is 12.2 Å². The van der Waals surface area contributed by atoms with Crippen LogP contribution < -0.4 is 14.8 Å².